The van der Waals surface area contributed by atoms with Crippen LogP contribution in [0, 0.1) is 0 Å². The highest BCUT2D eigenvalue weighted by molar-refractivity contribution is 9.10. The summed E-state index contributed by atoms with van der Waals surface area (Å²) in [4.78, 5) is 15.2. The van der Waals surface area contributed by atoms with E-state index in [1.165, 1.54) is 0 Å². The average Bonchev–Trinajstić information content (AvgIpc) is 2.89. The van der Waals surface area contributed by atoms with E-state index in [1.54, 1.807) is 24.3 Å². The van der Waals surface area contributed by atoms with Gasteiger partial charge in [-0.05, 0) is 42.3 Å². The topological polar surface area (TPSA) is 65.1 Å². The fourth-order valence-electron chi connectivity index (χ4n) is 2.42. The fourth-order valence-corrected chi connectivity index (χ4v) is 2.82. The zero-order valence-corrected chi connectivity index (χ0v) is 13.4. The van der Waals surface area contributed by atoms with E-state index in [0.29, 0.717) is 12.1 Å². The average molecular weight is 359 g/mol. The smallest absolute Gasteiger partial charge is 0.251 e. The third kappa shape index (κ3) is 3.14. The zero-order valence-electron chi connectivity index (χ0n) is 11.8. The molecule has 1 aromatic heterocycles. The molecule has 0 saturated heterocycles. The van der Waals surface area contributed by atoms with Crippen molar-refractivity contribution in [3.63, 3.8) is 0 Å². The van der Waals surface area contributed by atoms with Crippen molar-refractivity contribution >= 4 is 32.7 Å². The number of fused-ring (bicyclic) bond motifs is 1. The van der Waals surface area contributed by atoms with Crippen molar-refractivity contribution in [2.45, 2.75) is 6.42 Å². The summed E-state index contributed by atoms with van der Waals surface area (Å²) in [5.74, 6) is 0.155. The number of aromatic nitrogens is 1. The van der Waals surface area contributed by atoms with Crippen LogP contribution in [-0.4, -0.2) is 22.5 Å². The van der Waals surface area contributed by atoms with Crippen molar-refractivity contribution in [3.05, 3.63) is 64.3 Å². The van der Waals surface area contributed by atoms with Gasteiger partial charge in [0.2, 0.25) is 0 Å². The van der Waals surface area contributed by atoms with Gasteiger partial charge in [0, 0.05) is 39.7 Å². The van der Waals surface area contributed by atoms with E-state index in [9.17, 15) is 9.90 Å². The minimum atomic E-state index is -0.0845. The van der Waals surface area contributed by atoms with Crippen molar-refractivity contribution in [2.75, 3.05) is 6.54 Å². The van der Waals surface area contributed by atoms with Gasteiger partial charge >= 0.3 is 0 Å². The molecular formula is C17H15BrN2O2. The van der Waals surface area contributed by atoms with Crippen LogP contribution >= 0.6 is 15.9 Å². The second kappa shape index (κ2) is 6.23. The Kier molecular flexibility index (Phi) is 4.15. The van der Waals surface area contributed by atoms with Gasteiger partial charge in [-0.3, -0.25) is 4.79 Å². The molecule has 3 N–H and O–H groups in total. The number of phenolic OH excluding ortho intramolecular Hbond substituents is 1. The van der Waals surface area contributed by atoms with E-state index in [2.05, 4.69) is 26.2 Å². The molecule has 1 heterocycles. The molecule has 2 aromatic carbocycles. The number of phenols is 1. The lowest BCUT2D eigenvalue weighted by atomic mass is 10.1. The number of hydrogen-bond acceptors (Lipinski definition) is 2. The van der Waals surface area contributed by atoms with Crippen molar-refractivity contribution < 1.29 is 9.90 Å². The molecule has 3 aromatic rings. The molecule has 0 spiro atoms. The van der Waals surface area contributed by atoms with E-state index < -0.39 is 0 Å². The zero-order chi connectivity index (χ0) is 15.5. The quantitative estimate of drug-likeness (QED) is 0.666. The lowest BCUT2D eigenvalue weighted by molar-refractivity contribution is 0.0954. The molecule has 0 fully saturated rings. The molecule has 5 heteroatoms. The Hall–Kier alpha value is -2.27. The predicted molar refractivity (Wildman–Crippen MR) is 90.1 cm³/mol. The highest BCUT2D eigenvalue weighted by Crippen LogP contribution is 2.22. The molecule has 0 aliphatic heterocycles. The minimum absolute atomic E-state index is 0.0845. The lowest BCUT2D eigenvalue weighted by Gasteiger charge is -2.05. The normalized spacial score (nSPS) is 10.8. The van der Waals surface area contributed by atoms with Crippen LogP contribution < -0.4 is 5.32 Å². The summed E-state index contributed by atoms with van der Waals surface area (Å²) in [5, 5.41) is 13.4. The Morgan fingerprint density at radius 3 is 2.91 bits per heavy atom. The summed E-state index contributed by atoms with van der Waals surface area (Å²) in [7, 11) is 0. The van der Waals surface area contributed by atoms with Crippen LogP contribution in [0.5, 0.6) is 5.75 Å². The molecule has 0 atom stereocenters. The van der Waals surface area contributed by atoms with Crippen molar-refractivity contribution in [3.8, 4) is 5.75 Å². The van der Waals surface area contributed by atoms with Crippen molar-refractivity contribution in [1.82, 2.24) is 10.3 Å². The molecule has 0 saturated carbocycles. The Morgan fingerprint density at radius 2 is 2.09 bits per heavy atom. The van der Waals surface area contributed by atoms with Gasteiger partial charge in [0.25, 0.3) is 5.91 Å². The van der Waals surface area contributed by atoms with Gasteiger partial charge in [-0.2, -0.15) is 0 Å². The molecule has 3 rings (SSSR count). The van der Waals surface area contributed by atoms with Crippen LogP contribution in [0.4, 0.5) is 0 Å². The molecule has 0 radical (unpaired) electrons. The maximum absolute atomic E-state index is 12.1. The Balaban J connectivity index is 1.64. The number of rotatable bonds is 4. The van der Waals surface area contributed by atoms with Crippen LogP contribution in [0.3, 0.4) is 0 Å². The van der Waals surface area contributed by atoms with Crippen LogP contribution in [-0.2, 0) is 6.42 Å². The lowest BCUT2D eigenvalue weighted by Crippen LogP contribution is -2.25. The highest BCUT2D eigenvalue weighted by atomic mass is 79.9. The number of amides is 1. The molecular weight excluding hydrogens is 344 g/mol. The maximum atomic E-state index is 12.1. The fraction of sp³-hybridized carbons (Fsp3) is 0.118. The Morgan fingerprint density at radius 1 is 1.23 bits per heavy atom. The first-order valence-corrected chi connectivity index (χ1v) is 7.75. The molecule has 0 aliphatic rings. The summed E-state index contributed by atoms with van der Waals surface area (Å²) < 4.78 is 0.886. The summed E-state index contributed by atoms with van der Waals surface area (Å²) >= 11 is 3.36. The van der Waals surface area contributed by atoms with Crippen molar-refractivity contribution in [1.29, 1.82) is 0 Å². The number of H-pyrrole nitrogens is 1. The van der Waals surface area contributed by atoms with Gasteiger partial charge < -0.3 is 15.4 Å². The first-order valence-electron chi connectivity index (χ1n) is 6.96. The van der Waals surface area contributed by atoms with Gasteiger partial charge in [0.05, 0.1) is 0 Å². The van der Waals surface area contributed by atoms with Crippen LogP contribution in [0.15, 0.2) is 53.1 Å². The van der Waals surface area contributed by atoms with Gasteiger partial charge in [0.15, 0.2) is 0 Å². The molecule has 0 unspecified atom stereocenters. The number of nitrogens with one attached hydrogen (secondary N) is 2. The largest absolute Gasteiger partial charge is 0.508 e. The summed E-state index contributed by atoms with van der Waals surface area (Å²) in [6.45, 7) is 0.555. The van der Waals surface area contributed by atoms with Gasteiger partial charge in [-0.1, -0.05) is 22.0 Å². The van der Waals surface area contributed by atoms with Gasteiger partial charge in [0.1, 0.15) is 5.75 Å². The molecule has 4 nitrogen and oxygen atoms in total. The number of carbonyl (C=O) groups is 1. The van der Waals surface area contributed by atoms with Gasteiger partial charge in [-0.15, -0.1) is 0 Å². The summed E-state index contributed by atoms with van der Waals surface area (Å²) in [6, 6.07) is 12.5. The number of aromatic amines is 1. The summed E-state index contributed by atoms with van der Waals surface area (Å²) in [5.41, 5.74) is 2.65. The van der Waals surface area contributed by atoms with E-state index in [4.69, 9.17) is 0 Å². The number of halogens is 1. The van der Waals surface area contributed by atoms with E-state index in [0.717, 1.165) is 27.4 Å². The minimum Gasteiger partial charge on any atom is -0.508 e. The number of hydrogen-bond donors (Lipinski definition) is 3. The van der Waals surface area contributed by atoms with E-state index in [1.807, 2.05) is 24.4 Å². The molecule has 22 heavy (non-hydrogen) atoms. The Bertz CT molecular complexity index is 826. The van der Waals surface area contributed by atoms with Crippen LogP contribution in [0.2, 0.25) is 0 Å². The van der Waals surface area contributed by atoms with E-state index in [-0.39, 0.29) is 11.7 Å². The predicted octanol–water partition coefficient (Wildman–Crippen LogP) is 3.61. The second-order valence-corrected chi connectivity index (χ2v) is 5.98. The number of benzene rings is 2. The first kappa shape index (κ1) is 14.7. The third-order valence-corrected chi connectivity index (χ3v) is 4.01. The summed E-state index contributed by atoms with van der Waals surface area (Å²) in [6.07, 6.45) is 2.64. The molecule has 0 aliphatic carbocycles. The molecule has 1 amide bonds. The maximum Gasteiger partial charge on any atom is 0.251 e. The standard InChI is InChI=1S/C17H15BrN2O2/c18-13-3-1-2-11(8-13)17(22)19-7-6-12-10-20-16-9-14(21)4-5-15(12)16/h1-5,8-10,20-21H,6-7H2,(H,19,22). The van der Waals surface area contributed by atoms with E-state index >= 15 is 0 Å². The second-order valence-electron chi connectivity index (χ2n) is 5.06. The molecule has 112 valence electrons. The number of aromatic hydroxyl groups is 1. The monoisotopic (exact) mass is 358 g/mol. The highest BCUT2D eigenvalue weighted by Gasteiger charge is 2.07. The van der Waals surface area contributed by atoms with Gasteiger partial charge in [-0.25, -0.2) is 0 Å². The Labute approximate surface area is 136 Å². The van der Waals surface area contributed by atoms with Crippen LogP contribution in [0.25, 0.3) is 10.9 Å². The number of carbonyl (C=O) groups excluding carboxylic acids is 1. The first-order chi connectivity index (χ1) is 10.6. The van der Waals surface area contributed by atoms with Crippen LogP contribution in [0.1, 0.15) is 15.9 Å². The SMILES string of the molecule is O=C(NCCc1c[nH]c2cc(O)ccc12)c1cccc(Br)c1. The molecule has 0 bridgehead atoms. The van der Waals surface area contributed by atoms with Crippen molar-refractivity contribution in [2.24, 2.45) is 0 Å². The third-order valence-electron chi connectivity index (χ3n) is 3.52.